The van der Waals surface area contributed by atoms with Crippen LogP contribution in [0.5, 0.6) is 0 Å². The Morgan fingerprint density at radius 2 is 0.844 bits per heavy atom. The number of amides is 4. The van der Waals surface area contributed by atoms with Gasteiger partial charge in [-0.1, -0.05) is 24.3 Å². The molecule has 5 rings (SSSR count). The van der Waals surface area contributed by atoms with Crippen molar-refractivity contribution in [3.05, 3.63) is 82.2 Å². The van der Waals surface area contributed by atoms with Crippen LogP contribution in [0.1, 0.15) is 52.8 Å². The first-order valence-electron chi connectivity index (χ1n) is 9.15. The molecule has 2 aliphatic heterocycles. The van der Waals surface area contributed by atoms with Gasteiger partial charge in [-0.3, -0.25) is 19.2 Å². The Morgan fingerprint density at radius 3 is 1.09 bits per heavy atom. The molecule has 2 aliphatic rings. The average molecular weight is 420 g/mol. The number of carbonyl (C=O) groups excluding carboxylic acids is 4. The van der Waals surface area contributed by atoms with Crippen LogP contribution in [0.25, 0.3) is 0 Å². The minimum absolute atomic E-state index is 0.117. The number of rotatable bonds is 2. The third kappa shape index (κ3) is 2.38. The number of benzene rings is 2. The molecular formula is C22H8N6O4. The average Bonchev–Trinajstić information content (AvgIpc) is 3.23. The number of nitriles is 2. The number of carbonyl (C=O) groups is 4. The van der Waals surface area contributed by atoms with E-state index in [1.54, 1.807) is 36.4 Å². The highest BCUT2D eigenvalue weighted by Crippen LogP contribution is 2.33. The van der Waals surface area contributed by atoms with Crippen molar-refractivity contribution in [3.8, 4) is 12.1 Å². The van der Waals surface area contributed by atoms with E-state index in [2.05, 4.69) is 9.97 Å². The van der Waals surface area contributed by atoms with Gasteiger partial charge in [0.25, 0.3) is 23.6 Å². The summed E-state index contributed by atoms with van der Waals surface area (Å²) in [6.45, 7) is 0. The van der Waals surface area contributed by atoms with Crippen LogP contribution in [0.4, 0.5) is 11.6 Å². The molecule has 32 heavy (non-hydrogen) atoms. The van der Waals surface area contributed by atoms with Gasteiger partial charge in [0.1, 0.15) is 12.1 Å². The van der Waals surface area contributed by atoms with Crippen LogP contribution in [0.15, 0.2) is 48.5 Å². The van der Waals surface area contributed by atoms with E-state index in [1.165, 1.54) is 24.3 Å². The zero-order valence-electron chi connectivity index (χ0n) is 15.9. The van der Waals surface area contributed by atoms with E-state index >= 15 is 0 Å². The zero-order chi connectivity index (χ0) is 22.6. The molecule has 0 unspecified atom stereocenters. The summed E-state index contributed by atoms with van der Waals surface area (Å²) in [6.07, 6.45) is 0. The Bertz CT molecular complexity index is 1310. The highest BCUT2D eigenvalue weighted by molar-refractivity contribution is 6.35. The maximum Gasteiger partial charge on any atom is 0.267 e. The minimum Gasteiger partial charge on any atom is -0.268 e. The minimum atomic E-state index is -0.728. The molecule has 0 N–H and O–H groups in total. The van der Waals surface area contributed by atoms with Crippen LogP contribution >= 0.6 is 0 Å². The molecule has 0 saturated heterocycles. The van der Waals surface area contributed by atoms with E-state index in [0.29, 0.717) is 9.80 Å². The third-order valence-corrected chi connectivity index (χ3v) is 5.08. The predicted octanol–water partition coefficient (Wildman–Crippen LogP) is 1.82. The van der Waals surface area contributed by atoms with E-state index in [-0.39, 0.29) is 22.3 Å². The number of hydrogen-bond donors (Lipinski definition) is 0. The summed E-state index contributed by atoms with van der Waals surface area (Å²) >= 11 is 0. The standard InChI is InChI=1S/C22H8N6O4/c23-9-15-17(27-19(29)11-5-1-2-6-12(11)20(27)30)25-16(10-24)18(26-15)28-21(31)13-7-3-4-8-14(13)22(28)32/h1-8H. The topological polar surface area (TPSA) is 148 Å². The van der Waals surface area contributed by atoms with Gasteiger partial charge in [0.15, 0.2) is 23.0 Å². The third-order valence-electron chi connectivity index (χ3n) is 5.08. The second-order valence-electron chi connectivity index (χ2n) is 6.77. The van der Waals surface area contributed by atoms with E-state index in [9.17, 15) is 29.7 Å². The van der Waals surface area contributed by atoms with Gasteiger partial charge in [-0.05, 0) is 24.3 Å². The fraction of sp³-hybridized carbons (Fsp3) is 0. The van der Waals surface area contributed by atoms with Crippen molar-refractivity contribution < 1.29 is 19.2 Å². The summed E-state index contributed by atoms with van der Waals surface area (Å²) in [5, 5.41) is 19.3. The molecule has 2 aromatic carbocycles. The van der Waals surface area contributed by atoms with Crippen molar-refractivity contribution in [1.29, 1.82) is 10.5 Å². The van der Waals surface area contributed by atoms with Crippen LogP contribution in [0.3, 0.4) is 0 Å². The zero-order valence-corrected chi connectivity index (χ0v) is 15.9. The van der Waals surface area contributed by atoms with Gasteiger partial charge >= 0.3 is 0 Å². The number of nitrogens with zero attached hydrogens (tertiary/aromatic N) is 6. The lowest BCUT2D eigenvalue weighted by Gasteiger charge is -2.18. The molecule has 0 atom stereocenters. The lowest BCUT2D eigenvalue weighted by atomic mass is 10.1. The molecule has 0 radical (unpaired) electrons. The van der Waals surface area contributed by atoms with Crippen molar-refractivity contribution in [1.82, 2.24) is 9.97 Å². The Labute approximate surface area is 179 Å². The van der Waals surface area contributed by atoms with Gasteiger partial charge in [0.2, 0.25) is 0 Å². The molecule has 10 nitrogen and oxygen atoms in total. The summed E-state index contributed by atoms with van der Waals surface area (Å²) in [5.74, 6) is -3.81. The Balaban J connectivity index is 1.66. The van der Waals surface area contributed by atoms with Crippen molar-refractivity contribution in [2.75, 3.05) is 9.80 Å². The van der Waals surface area contributed by atoms with Gasteiger partial charge < -0.3 is 0 Å². The molecule has 0 aliphatic carbocycles. The maximum atomic E-state index is 12.8. The highest BCUT2D eigenvalue weighted by atomic mass is 16.2. The molecule has 4 amide bonds. The second-order valence-corrected chi connectivity index (χ2v) is 6.77. The largest absolute Gasteiger partial charge is 0.268 e. The second kappa shape index (κ2) is 6.65. The van der Waals surface area contributed by atoms with Gasteiger partial charge in [-0.25, -0.2) is 19.8 Å². The first-order valence-corrected chi connectivity index (χ1v) is 9.15. The normalized spacial score (nSPS) is 14.3. The summed E-state index contributed by atoms with van der Waals surface area (Å²) < 4.78 is 0. The number of aromatic nitrogens is 2. The Hall–Kier alpha value is -5.22. The number of fused-ring (bicyclic) bond motifs is 2. The first-order chi connectivity index (χ1) is 15.5. The maximum absolute atomic E-state index is 12.8. The fourth-order valence-electron chi connectivity index (χ4n) is 3.64. The van der Waals surface area contributed by atoms with Gasteiger partial charge in [0.05, 0.1) is 22.3 Å². The molecule has 0 saturated carbocycles. The smallest absolute Gasteiger partial charge is 0.267 e. The van der Waals surface area contributed by atoms with E-state index in [4.69, 9.17) is 0 Å². The number of hydrogen-bond acceptors (Lipinski definition) is 8. The van der Waals surface area contributed by atoms with E-state index in [1.807, 2.05) is 0 Å². The van der Waals surface area contributed by atoms with Crippen molar-refractivity contribution in [2.24, 2.45) is 0 Å². The van der Waals surface area contributed by atoms with Crippen LogP contribution < -0.4 is 9.80 Å². The van der Waals surface area contributed by atoms with E-state index < -0.39 is 46.7 Å². The van der Waals surface area contributed by atoms with Gasteiger partial charge in [-0.2, -0.15) is 10.5 Å². The van der Waals surface area contributed by atoms with Crippen molar-refractivity contribution in [2.45, 2.75) is 0 Å². The Kier molecular flexibility index (Phi) is 3.91. The van der Waals surface area contributed by atoms with E-state index in [0.717, 1.165) is 0 Å². The SMILES string of the molecule is N#Cc1nc(N2C(=O)c3ccccc3C2=O)c(C#N)nc1N1C(=O)c2ccccc2C1=O. The number of anilines is 2. The van der Waals surface area contributed by atoms with Crippen LogP contribution in [0, 0.1) is 22.7 Å². The molecule has 0 fully saturated rings. The molecular weight excluding hydrogens is 412 g/mol. The summed E-state index contributed by atoms with van der Waals surface area (Å²) in [5.41, 5.74) is -0.524. The molecule has 150 valence electrons. The molecule has 3 heterocycles. The molecule has 3 aromatic rings. The molecule has 10 heteroatoms. The highest BCUT2D eigenvalue weighted by Gasteiger charge is 2.42. The van der Waals surface area contributed by atoms with Gasteiger partial charge in [-0.15, -0.1) is 0 Å². The summed E-state index contributed by atoms with van der Waals surface area (Å²) in [7, 11) is 0. The summed E-state index contributed by atoms with van der Waals surface area (Å²) in [4.78, 5) is 60.5. The van der Waals surface area contributed by atoms with Crippen LogP contribution in [-0.4, -0.2) is 33.6 Å². The predicted molar refractivity (Wildman–Crippen MR) is 107 cm³/mol. The van der Waals surface area contributed by atoms with Crippen LogP contribution in [-0.2, 0) is 0 Å². The van der Waals surface area contributed by atoms with Crippen molar-refractivity contribution in [3.63, 3.8) is 0 Å². The lowest BCUT2D eigenvalue weighted by molar-refractivity contribution is 0.0907. The molecule has 0 spiro atoms. The monoisotopic (exact) mass is 420 g/mol. The Morgan fingerprint density at radius 1 is 0.562 bits per heavy atom. The lowest BCUT2D eigenvalue weighted by Crippen LogP contribution is -2.34. The quantitative estimate of drug-likeness (QED) is 0.570. The van der Waals surface area contributed by atoms with Gasteiger partial charge in [0, 0.05) is 0 Å². The van der Waals surface area contributed by atoms with Crippen LogP contribution in [0.2, 0.25) is 0 Å². The summed E-state index contributed by atoms with van der Waals surface area (Å²) in [6, 6.07) is 15.6. The molecule has 1 aromatic heterocycles. The molecule has 0 bridgehead atoms. The first kappa shape index (κ1) is 18.8. The number of imide groups is 2. The van der Waals surface area contributed by atoms with Crippen molar-refractivity contribution >= 4 is 35.3 Å². The fourth-order valence-corrected chi connectivity index (χ4v) is 3.64.